The Balaban J connectivity index is 1.68. The van der Waals surface area contributed by atoms with Crippen LogP contribution in [0.4, 0.5) is 5.69 Å². The van der Waals surface area contributed by atoms with E-state index in [1.807, 2.05) is 6.07 Å². The van der Waals surface area contributed by atoms with Crippen LogP contribution in [-0.2, 0) is 14.9 Å². The molecule has 1 aliphatic carbocycles. The van der Waals surface area contributed by atoms with Crippen molar-refractivity contribution in [1.29, 1.82) is 5.26 Å². The molecule has 1 amide bonds. The van der Waals surface area contributed by atoms with E-state index in [0.29, 0.717) is 11.1 Å². The Morgan fingerprint density at radius 3 is 2.65 bits per heavy atom. The molecule has 0 aromatic heterocycles. The first-order valence-electron chi connectivity index (χ1n) is 12.2. The number of ether oxygens (including phenoxy) is 1. The summed E-state index contributed by atoms with van der Waals surface area (Å²) in [5, 5.41) is 18.0. The van der Waals surface area contributed by atoms with Crippen LogP contribution in [0.15, 0.2) is 36.2 Å². The van der Waals surface area contributed by atoms with Gasteiger partial charge in [0, 0.05) is 42.6 Å². The van der Waals surface area contributed by atoms with Crippen molar-refractivity contribution >= 4 is 17.2 Å². The van der Waals surface area contributed by atoms with Crippen LogP contribution in [0.3, 0.4) is 0 Å². The fraction of sp³-hybridized carbons (Fsp3) is 0.556. The average Bonchev–Trinajstić information content (AvgIpc) is 3.29. The minimum Gasteiger partial charge on any atom is -0.381 e. The molecule has 7 heteroatoms. The van der Waals surface area contributed by atoms with Gasteiger partial charge >= 0.3 is 0 Å². The van der Waals surface area contributed by atoms with Crippen molar-refractivity contribution in [3.63, 3.8) is 0 Å². The maximum absolute atomic E-state index is 13.0. The number of carbonyl (C=O) groups is 1. The SMILES string of the molecule is CN(C)CC1(c2ccc(NC(=O)C3NC=C(C#N)N3)c(C3=CCC(C)(C)CC3)c2)CCOCC1. The van der Waals surface area contributed by atoms with E-state index in [0.717, 1.165) is 63.1 Å². The zero-order valence-corrected chi connectivity index (χ0v) is 20.8. The standard InChI is InChI=1S/C27H37N5O2/c1-26(2)9-7-19(8-10-26)22-15-20(27(18-32(3)4)11-13-34-14-12-27)5-6-23(22)31-25(33)24-29-17-21(16-28)30-24/h5-7,15,17,24,29-30H,8-14,18H2,1-4H3,(H,31,33). The molecule has 2 heterocycles. The molecule has 1 aromatic carbocycles. The monoisotopic (exact) mass is 463 g/mol. The summed E-state index contributed by atoms with van der Waals surface area (Å²) in [4.78, 5) is 15.3. The van der Waals surface area contributed by atoms with Gasteiger partial charge in [-0.2, -0.15) is 5.26 Å². The number of hydrogen-bond donors (Lipinski definition) is 3. The van der Waals surface area contributed by atoms with Crippen molar-refractivity contribution in [3.05, 3.63) is 47.3 Å². The van der Waals surface area contributed by atoms with E-state index >= 15 is 0 Å². The molecular weight excluding hydrogens is 426 g/mol. The number of rotatable bonds is 6. The molecule has 1 saturated heterocycles. The Labute approximate surface area is 203 Å². The van der Waals surface area contributed by atoms with Gasteiger partial charge in [0.1, 0.15) is 11.8 Å². The number of anilines is 1. The second kappa shape index (κ2) is 9.81. The number of amides is 1. The Hall–Kier alpha value is -2.82. The molecule has 34 heavy (non-hydrogen) atoms. The fourth-order valence-electron chi connectivity index (χ4n) is 5.29. The van der Waals surface area contributed by atoms with Crippen LogP contribution in [0.5, 0.6) is 0 Å². The molecule has 3 aliphatic rings. The molecule has 0 saturated carbocycles. The molecule has 0 bridgehead atoms. The highest BCUT2D eigenvalue weighted by Gasteiger charge is 2.36. The number of likely N-dealkylation sites (N-methyl/N-ethyl adjacent to an activating group) is 1. The van der Waals surface area contributed by atoms with Crippen LogP contribution in [0.25, 0.3) is 5.57 Å². The van der Waals surface area contributed by atoms with Crippen molar-refractivity contribution in [1.82, 2.24) is 15.5 Å². The van der Waals surface area contributed by atoms with E-state index in [9.17, 15) is 4.79 Å². The first-order valence-corrected chi connectivity index (χ1v) is 12.2. The van der Waals surface area contributed by atoms with Gasteiger partial charge in [0.05, 0.1) is 0 Å². The van der Waals surface area contributed by atoms with Gasteiger partial charge in [-0.25, -0.2) is 0 Å². The summed E-state index contributed by atoms with van der Waals surface area (Å²) in [6, 6.07) is 8.58. The smallest absolute Gasteiger partial charge is 0.267 e. The quantitative estimate of drug-likeness (QED) is 0.596. The minimum atomic E-state index is -0.656. The second-order valence-electron chi connectivity index (χ2n) is 10.9. The fourth-order valence-corrected chi connectivity index (χ4v) is 5.29. The molecule has 0 radical (unpaired) electrons. The van der Waals surface area contributed by atoms with E-state index in [-0.39, 0.29) is 11.3 Å². The Morgan fingerprint density at radius 2 is 2.03 bits per heavy atom. The number of carbonyl (C=O) groups excluding carboxylic acids is 1. The van der Waals surface area contributed by atoms with Crippen molar-refractivity contribution in [3.8, 4) is 6.07 Å². The molecular formula is C27H37N5O2. The zero-order chi connectivity index (χ0) is 24.3. The zero-order valence-electron chi connectivity index (χ0n) is 20.8. The highest BCUT2D eigenvalue weighted by atomic mass is 16.5. The summed E-state index contributed by atoms with van der Waals surface area (Å²) >= 11 is 0. The molecule has 1 atom stereocenters. The summed E-state index contributed by atoms with van der Waals surface area (Å²) in [5.74, 6) is -0.207. The van der Waals surface area contributed by atoms with Crippen LogP contribution in [0.2, 0.25) is 0 Å². The van der Waals surface area contributed by atoms with Gasteiger partial charge in [-0.3, -0.25) is 4.79 Å². The third kappa shape index (κ3) is 5.29. The number of nitrogens with one attached hydrogen (secondary N) is 3. The minimum absolute atomic E-state index is 0.0354. The number of nitriles is 1. The summed E-state index contributed by atoms with van der Waals surface area (Å²) in [5.41, 5.74) is 5.24. The van der Waals surface area contributed by atoms with E-state index < -0.39 is 6.17 Å². The van der Waals surface area contributed by atoms with Crippen molar-refractivity contribution < 1.29 is 9.53 Å². The molecule has 2 aliphatic heterocycles. The third-order valence-electron chi connectivity index (χ3n) is 7.35. The van der Waals surface area contributed by atoms with Crippen molar-refractivity contribution in [2.45, 2.75) is 57.5 Å². The van der Waals surface area contributed by atoms with Crippen LogP contribution < -0.4 is 16.0 Å². The number of hydrogen-bond acceptors (Lipinski definition) is 6. The van der Waals surface area contributed by atoms with E-state index in [4.69, 9.17) is 10.00 Å². The number of benzene rings is 1. The lowest BCUT2D eigenvalue weighted by molar-refractivity contribution is -0.118. The van der Waals surface area contributed by atoms with E-state index in [1.54, 1.807) is 0 Å². The van der Waals surface area contributed by atoms with Gasteiger partial charge < -0.3 is 25.6 Å². The summed E-state index contributed by atoms with van der Waals surface area (Å²) in [7, 11) is 4.26. The molecule has 3 N–H and O–H groups in total. The molecule has 4 rings (SSSR count). The number of nitrogens with zero attached hydrogens (tertiary/aromatic N) is 2. The largest absolute Gasteiger partial charge is 0.381 e. The summed E-state index contributed by atoms with van der Waals surface area (Å²) in [6.45, 7) is 7.12. The van der Waals surface area contributed by atoms with E-state index in [2.05, 4.69) is 73.1 Å². The Bertz CT molecular complexity index is 1030. The van der Waals surface area contributed by atoms with Gasteiger partial charge in [0.15, 0.2) is 6.17 Å². The molecule has 1 aromatic rings. The van der Waals surface area contributed by atoms with Crippen LogP contribution in [-0.4, -0.2) is 50.8 Å². The lowest BCUT2D eigenvalue weighted by atomic mass is 9.72. The van der Waals surface area contributed by atoms with Gasteiger partial charge in [0.2, 0.25) is 0 Å². The van der Waals surface area contributed by atoms with Crippen LogP contribution >= 0.6 is 0 Å². The topological polar surface area (TPSA) is 89.4 Å². The lowest BCUT2D eigenvalue weighted by Crippen LogP contribution is -2.44. The molecule has 7 nitrogen and oxygen atoms in total. The van der Waals surface area contributed by atoms with Crippen LogP contribution in [0, 0.1) is 16.7 Å². The van der Waals surface area contributed by atoms with Crippen molar-refractivity contribution in [2.24, 2.45) is 5.41 Å². The normalized spacial score (nSPS) is 23.2. The summed E-state index contributed by atoms with van der Waals surface area (Å²) < 4.78 is 5.72. The van der Waals surface area contributed by atoms with Gasteiger partial charge in [0.25, 0.3) is 5.91 Å². The van der Waals surface area contributed by atoms with E-state index in [1.165, 1.54) is 17.3 Å². The lowest BCUT2D eigenvalue weighted by Gasteiger charge is -2.40. The van der Waals surface area contributed by atoms with Gasteiger partial charge in [-0.05, 0) is 74.9 Å². The maximum atomic E-state index is 13.0. The van der Waals surface area contributed by atoms with Gasteiger partial charge in [-0.1, -0.05) is 26.0 Å². The summed E-state index contributed by atoms with van der Waals surface area (Å²) in [6.07, 6.45) is 8.34. The molecule has 0 spiro atoms. The maximum Gasteiger partial charge on any atom is 0.267 e. The molecule has 1 unspecified atom stereocenters. The Kier molecular flexibility index (Phi) is 7.01. The first kappa shape index (κ1) is 24.3. The van der Waals surface area contributed by atoms with Gasteiger partial charge in [-0.15, -0.1) is 0 Å². The predicted molar refractivity (Wildman–Crippen MR) is 135 cm³/mol. The average molecular weight is 464 g/mol. The third-order valence-corrected chi connectivity index (χ3v) is 7.35. The van der Waals surface area contributed by atoms with Crippen LogP contribution in [0.1, 0.15) is 57.1 Å². The Morgan fingerprint density at radius 1 is 1.26 bits per heavy atom. The first-order chi connectivity index (χ1) is 16.2. The second-order valence-corrected chi connectivity index (χ2v) is 10.9. The predicted octanol–water partition coefficient (Wildman–Crippen LogP) is 3.71. The highest BCUT2D eigenvalue weighted by molar-refractivity contribution is 5.98. The number of allylic oxidation sites excluding steroid dienone is 3. The molecule has 1 fully saturated rings. The van der Waals surface area contributed by atoms with Crippen molar-refractivity contribution in [2.75, 3.05) is 39.2 Å². The molecule has 182 valence electrons. The highest BCUT2D eigenvalue weighted by Crippen LogP contribution is 2.43.